The van der Waals surface area contributed by atoms with Gasteiger partial charge in [0.15, 0.2) is 5.96 Å². The van der Waals surface area contributed by atoms with Gasteiger partial charge in [-0.1, -0.05) is 37.6 Å². The summed E-state index contributed by atoms with van der Waals surface area (Å²) < 4.78 is 5.47. The molecule has 0 aromatic heterocycles. The van der Waals surface area contributed by atoms with E-state index in [1.165, 1.54) is 36.8 Å². The van der Waals surface area contributed by atoms with Crippen LogP contribution in [-0.4, -0.2) is 50.3 Å². The van der Waals surface area contributed by atoms with Crippen molar-refractivity contribution < 1.29 is 4.74 Å². The third-order valence-electron chi connectivity index (χ3n) is 6.16. The second kappa shape index (κ2) is 10.1. The minimum atomic E-state index is 0.491. The molecule has 0 atom stereocenters. The monoisotopic (exact) mass is 372 g/mol. The van der Waals surface area contributed by atoms with Crippen LogP contribution in [-0.2, 0) is 17.8 Å². The molecule has 2 fully saturated rings. The summed E-state index contributed by atoms with van der Waals surface area (Å²) in [5.74, 6) is 0.943. The van der Waals surface area contributed by atoms with Gasteiger partial charge in [0.25, 0.3) is 0 Å². The molecule has 0 unspecified atom stereocenters. The number of morpholine rings is 1. The number of nitrogens with zero attached hydrogens (tertiary/aromatic N) is 2. The minimum absolute atomic E-state index is 0.491. The first kappa shape index (κ1) is 20.2. The van der Waals surface area contributed by atoms with Crippen LogP contribution in [0.25, 0.3) is 0 Å². The number of hydrogen-bond acceptors (Lipinski definition) is 3. The normalized spacial score (nSPS) is 20.1. The highest BCUT2D eigenvalue weighted by molar-refractivity contribution is 5.79. The van der Waals surface area contributed by atoms with Gasteiger partial charge in [0.05, 0.1) is 19.8 Å². The number of benzene rings is 1. The van der Waals surface area contributed by atoms with Gasteiger partial charge in [-0.3, -0.25) is 4.90 Å². The first-order chi connectivity index (χ1) is 13.2. The Hall–Kier alpha value is -1.59. The van der Waals surface area contributed by atoms with E-state index in [0.717, 1.165) is 58.4 Å². The number of hydrogen-bond donors (Lipinski definition) is 2. The summed E-state index contributed by atoms with van der Waals surface area (Å²) in [5, 5.41) is 7.01. The summed E-state index contributed by atoms with van der Waals surface area (Å²) >= 11 is 0. The molecule has 0 bridgehead atoms. The van der Waals surface area contributed by atoms with Crippen molar-refractivity contribution in [3.8, 4) is 0 Å². The van der Waals surface area contributed by atoms with E-state index in [9.17, 15) is 0 Å². The molecule has 5 heteroatoms. The average molecular weight is 373 g/mol. The maximum atomic E-state index is 5.47. The van der Waals surface area contributed by atoms with Crippen molar-refractivity contribution in [3.63, 3.8) is 0 Å². The Labute approximate surface area is 164 Å². The summed E-state index contributed by atoms with van der Waals surface area (Å²) in [6.45, 7) is 11.8. The number of nitrogens with one attached hydrogen (secondary N) is 2. The smallest absolute Gasteiger partial charge is 0.191 e. The van der Waals surface area contributed by atoms with Crippen LogP contribution in [0.4, 0.5) is 0 Å². The summed E-state index contributed by atoms with van der Waals surface area (Å²) in [4.78, 5) is 7.35. The molecule has 0 spiro atoms. The molecule has 1 aliphatic carbocycles. The fraction of sp³-hybridized carbons (Fsp3) is 0.682. The van der Waals surface area contributed by atoms with Crippen molar-refractivity contribution in [2.75, 3.05) is 39.4 Å². The lowest BCUT2D eigenvalue weighted by atomic mass is 9.67. The SMILES string of the molecule is CCNC(=NCc1ccccc1CN1CCOCC1)NCC1(CC)CCC1. The number of ether oxygens (including phenoxy) is 1. The van der Waals surface area contributed by atoms with E-state index in [2.05, 4.69) is 53.6 Å². The van der Waals surface area contributed by atoms with Crippen molar-refractivity contribution in [2.24, 2.45) is 10.4 Å². The van der Waals surface area contributed by atoms with Crippen LogP contribution in [0.2, 0.25) is 0 Å². The topological polar surface area (TPSA) is 48.9 Å². The first-order valence-electron chi connectivity index (χ1n) is 10.6. The van der Waals surface area contributed by atoms with E-state index in [4.69, 9.17) is 9.73 Å². The van der Waals surface area contributed by atoms with Crippen LogP contribution in [0.15, 0.2) is 29.3 Å². The molecule has 3 rings (SSSR count). The first-order valence-corrected chi connectivity index (χ1v) is 10.6. The van der Waals surface area contributed by atoms with Gasteiger partial charge < -0.3 is 15.4 Å². The average Bonchev–Trinajstić information content (AvgIpc) is 2.67. The fourth-order valence-electron chi connectivity index (χ4n) is 3.98. The Kier molecular flexibility index (Phi) is 7.53. The van der Waals surface area contributed by atoms with Crippen molar-refractivity contribution in [1.82, 2.24) is 15.5 Å². The molecule has 1 saturated heterocycles. The van der Waals surface area contributed by atoms with Crippen LogP contribution >= 0.6 is 0 Å². The Bertz CT molecular complexity index is 601. The van der Waals surface area contributed by atoms with Gasteiger partial charge in [-0.2, -0.15) is 0 Å². The molecule has 2 aliphatic rings. The van der Waals surface area contributed by atoms with Gasteiger partial charge in [0.2, 0.25) is 0 Å². The van der Waals surface area contributed by atoms with Crippen LogP contribution in [0.3, 0.4) is 0 Å². The van der Waals surface area contributed by atoms with E-state index in [0.29, 0.717) is 5.41 Å². The van der Waals surface area contributed by atoms with Gasteiger partial charge in [0, 0.05) is 32.7 Å². The van der Waals surface area contributed by atoms with E-state index >= 15 is 0 Å². The molecule has 27 heavy (non-hydrogen) atoms. The van der Waals surface area contributed by atoms with Gasteiger partial charge >= 0.3 is 0 Å². The molecule has 1 heterocycles. The Morgan fingerprint density at radius 1 is 1.11 bits per heavy atom. The zero-order valence-electron chi connectivity index (χ0n) is 17.1. The van der Waals surface area contributed by atoms with Gasteiger partial charge in [-0.15, -0.1) is 0 Å². The summed E-state index contributed by atoms with van der Waals surface area (Å²) in [5.41, 5.74) is 3.18. The second-order valence-electron chi connectivity index (χ2n) is 7.91. The maximum absolute atomic E-state index is 5.47. The molecule has 150 valence electrons. The summed E-state index contributed by atoms with van der Waals surface area (Å²) in [7, 11) is 0. The lowest BCUT2D eigenvalue weighted by molar-refractivity contribution is 0.0341. The highest BCUT2D eigenvalue weighted by atomic mass is 16.5. The number of rotatable bonds is 8. The summed E-state index contributed by atoms with van der Waals surface area (Å²) in [6, 6.07) is 8.70. The highest BCUT2D eigenvalue weighted by Gasteiger charge is 2.34. The Morgan fingerprint density at radius 2 is 1.85 bits per heavy atom. The van der Waals surface area contributed by atoms with Crippen molar-refractivity contribution >= 4 is 5.96 Å². The molecule has 2 N–H and O–H groups in total. The zero-order valence-corrected chi connectivity index (χ0v) is 17.1. The Morgan fingerprint density at radius 3 is 2.48 bits per heavy atom. The second-order valence-corrected chi connectivity index (χ2v) is 7.91. The largest absolute Gasteiger partial charge is 0.379 e. The van der Waals surface area contributed by atoms with E-state index in [-0.39, 0.29) is 0 Å². The molecular formula is C22H36N4O. The molecule has 1 aliphatic heterocycles. The zero-order chi connectivity index (χ0) is 19.0. The van der Waals surface area contributed by atoms with Crippen molar-refractivity contribution in [1.29, 1.82) is 0 Å². The van der Waals surface area contributed by atoms with Gasteiger partial charge in [-0.25, -0.2) is 4.99 Å². The molecule has 0 radical (unpaired) electrons. The van der Waals surface area contributed by atoms with Gasteiger partial charge in [-0.05, 0) is 42.7 Å². The quantitative estimate of drug-likeness (QED) is 0.544. The highest BCUT2D eigenvalue weighted by Crippen LogP contribution is 2.42. The minimum Gasteiger partial charge on any atom is -0.379 e. The van der Waals surface area contributed by atoms with E-state index in [1.807, 2.05) is 0 Å². The van der Waals surface area contributed by atoms with Crippen molar-refractivity contribution in [2.45, 2.75) is 52.6 Å². The van der Waals surface area contributed by atoms with E-state index < -0.39 is 0 Å². The van der Waals surface area contributed by atoms with Gasteiger partial charge in [0.1, 0.15) is 0 Å². The number of guanidine groups is 1. The van der Waals surface area contributed by atoms with Crippen LogP contribution in [0, 0.1) is 5.41 Å². The fourth-order valence-corrected chi connectivity index (χ4v) is 3.98. The molecule has 0 amide bonds. The number of aliphatic imine (C=N–C) groups is 1. The lowest BCUT2D eigenvalue weighted by Gasteiger charge is -2.41. The molecular weight excluding hydrogens is 336 g/mol. The predicted octanol–water partition coefficient (Wildman–Crippen LogP) is 3.15. The summed E-state index contributed by atoms with van der Waals surface area (Å²) in [6.07, 6.45) is 5.32. The predicted molar refractivity (Wildman–Crippen MR) is 112 cm³/mol. The molecule has 1 aromatic carbocycles. The van der Waals surface area contributed by atoms with Crippen LogP contribution in [0.1, 0.15) is 50.7 Å². The molecule has 5 nitrogen and oxygen atoms in total. The third kappa shape index (κ3) is 5.69. The Balaban J connectivity index is 1.61. The third-order valence-corrected chi connectivity index (χ3v) is 6.16. The standard InChI is InChI=1S/C22H36N4O/c1-3-22(10-7-11-22)18-25-21(23-4-2)24-16-19-8-5-6-9-20(19)17-26-12-14-27-15-13-26/h5-6,8-9H,3-4,7,10-18H2,1-2H3,(H2,23,24,25). The van der Waals surface area contributed by atoms with Crippen LogP contribution in [0.5, 0.6) is 0 Å². The van der Waals surface area contributed by atoms with Crippen LogP contribution < -0.4 is 10.6 Å². The molecule has 1 aromatic rings. The van der Waals surface area contributed by atoms with Crippen molar-refractivity contribution in [3.05, 3.63) is 35.4 Å². The maximum Gasteiger partial charge on any atom is 0.191 e. The molecule has 1 saturated carbocycles. The lowest BCUT2D eigenvalue weighted by Crippen LogP contribution is -2.46. The van der Waals surface area contributed by atoms with E-state index in [1.54, 1.807) is 0 Å².